The number of aromatic nitrogens is 1. The van der Waals surface area contributed by atoms with Gasteiger partial charge in [0.2, 0.25) is 0 Å². The molecule has 2 heterocycles. The molecule has 1 aliphatic rings. The maximum atomic E-state index is 10.4. The van der Waals surface area contributed by atoms with Crippen molar-refractivity contribution in [3.05, 3.63) is 36.0 Å². The Bertz CT molecular complexity index is 566. The van der Waals surface area contributed by atoms with Crippen LogP contribution >= 0.6 is 0 Å². The minimum absolute atomic E-state index is 0.0945. The molecule has 19 heavy (non-hydrogen) atoms. The number of nitrogens with one attached hydrogen (secondary N) is 2. The summed E-state index contributed by atoms with van der Waals surface area (Å²) in [6, 6.07) is 8.24. The average molecular weight is 260 g/mol. The molecule has 1 fully saturated rings. The van der Waals surface area contributed by atoms with Gasteiger partial charge in [0.25, 0.3) is 0 Å². The lowest BCUT2D eigenvalue weighted by atomic mass is 9.96. The summed E-state index contributed by atoms with van der Waals surface area (Å²) in [5, 5.41) is 15.0. The van der Waals surface area contributed by atoms with Gasteiger partial charge in [0.1, 0.15) is 5.60 Å². The van der Waals surface area contributed by atoms with Crippen LogP contribution in [0.15, 0.2) is 30.5 Å². The lowest BCUT2D eigenvalue weighted by Crippen LogP contribution is -2.45. The molecule has 0 aliphatic carbocycles. The molecule has 2 unspecified atom stereocenters. The Morgan fingerprint density at radius 1 is 1.47 bits per heavy atom. The number of aliphatic hydroxyl groups is 1. The van der Waals surface area contributed by atoms with Crippen LogP contribution in [-0.4, -0.2) is 34.9 Å². The largest absolute Gasteiger partial charge is 0.386 e. The van der Waals surface area contributed by atoms with Crippen molar-refractivity contribution in [2.24, 2.45) is 0 Å². The summed E-state index contributed by atoms with van der Waals surface area (Å²) in [5.74, 6) is 0. The molecular formula is C15H20N2O2. The first kappa shape index (κ1) is 12.7. The van der Waals surface area contributed by atoms with E-state index in [0.29, 0.717) is 19.6 Å². The molecular weight excluding hydrogens is 240 g/mol. The number of H-pyrrole nitrogens is 1. The zero-order valence-electron chi connectivity index (χ0n) is 11.1. The van der Waals surface area contributed by atoms with Gasteiger partial charge >= 0.3 is 0 Å². The van der Waals surface area contributed by atoms with Gasteiger partial charge in [-0.2, -0.15) is 0 Å². The maximum absolute atomic E-state index is 10.4. The molecule has 0 radical (unpaired) electrons. The van der Waals surface area contributed by atoms with Crippen LogP contribution < -0.4 is 5.32 Å². The van der Waals surface area contributed by atoms with Crippen LogP contribution in [0.5, 0.6) is 0 Å². The van der Waals surface area contributed by atoms with E-state index in [2.05, 4.69) is 22.4 Å². The van der Waals surface area contributed by atoms with Crippen molar-refractivity contribution in [2.75, 3.05) is 13.2 Å². The third kappa shape index (κ3) is 2.39. The number of rotatable bonds is 4. The molecule has 2 aromatic rings. The lowest BCUT2D eigenvalue weighted by molar-refractivity contribution is -0.0262. The highest BCUT2D eigenvalue weighted by molar-refractivity contribution is 5.82. The fourth-order valence-corrected chi connectivity index (χ4v) is 2.69. The van der Waals surface area contributed by atoms with E-state index >= 15 is 0 Å². The third-order valence-corrected chi connectivity index (χ3v) is 4.08. The number of fused-ring (bicyclic) bond motifs is 1. The molecule has 4 heteroatoms. The molecule has 0 amide bonds. The van der Waals surface area contributed by atoms with Crippen molar-refractivity contribution >= 4 is 10.9 Å². The first-order valence-electron chi connectivity index (χ1n) is 6.79. The number of hydrogen-bond donors (Lipinski definition) is 3. The van der Waals surface area contributed by atoms with Gasteiger partial charge in [-0.3, -0.25) is 0 Å². The second-order valence-electron chi connectivity index (χ2n) is 5.33. The summed E-state index contributed by atoms with van der Waals surface area (Å²) in [4.78, 5) is 3.26. The number of ether oxygens (including phenoxy) is 1. The molecule has 2 atom stereocenters. The Morgan fingerprint density at radius 3 is 3.11 bits per heavy atom. The third-order valence-electron chi connectivity index (χ3n) is 4.08. The highest BCUT2D eigenvalue weighted by Gasteiger charge is 2.38. The molecule has 0 bridgehead atoms. The van der Waals surface area contributed by atoms with Gasteiger partial charge in [0.05, 0.1) is 6.10 Å². The quantitative estimate of drug-likeness (QED) is 0.785. The van der Waals surface area contributed by atoms with Crippen molar-refractivity contribution in [1.82, 2.24) is 10.3 Å². The van der Waals surface area contributed by atoms with Gasteiger partial charge in [-0.15, -0.1) is 0 Å². The number of aromatic amines is 1. The summed E-state index contributed by atoms with van der Waals surface area (Å²) >= 11 is 0. The smallest absolute Gasteiger partial charge is 0.105 e. The Kier molecular flexibility index (Phi) is 3.31. The predicted molar refractivity (Wildman–Crippen MR) is 75.0 cm³/mol. The van der Waals surface area contributed by atoms with Crippen molar-refractivity contribution in [3.8, 4) is 0 Å². The number of para-hydroxylation sites is 1. The molecule has 0 saturated carbocycles. The van der Waals surface area contributed by atoms with Crippen LogP contribution in [0.4, 0.5) is 0 Å². The molecule has 1 aromatic carbocycles. The Labute approximate surface area is 112 Å². The summed E-state index contributed by atoms with van der Waals surface area (Å²) in [7, 11) is 0. The van der Waals surface area contributed by atoms with E-state index in [-0.39, 0.29) is 6.10 Å². The molecule has 1 aromatic heterocycles. The second kappa shape index (κ2) is 4.96. The average Bonchev–Trinajstić information content (AvgIpc) is 2.96. The van der Waals surface area contributed by atoms with Gasteiger partial charge in [0, 0.05) is 43.2 Å². The first-order chi connectivity index (χ1) is 9.19. The minimum Gasteiger partial charge on any atom is -0.386 e. The minimum atomic E-state index is -0.730. The Hall–Kier alpha value is -1.36. The van der Waals surface area contributed by atoms with Crippen LogP contribution in [0.2, 0.25) is 0 Å². The molecule has 0 spiro atoms. The van der Waals surface area contributed by atoms with Crippen molar-refractivity contribution < 1.29 is 9.84 Å². The van der Waals surface area contributed by atoms with Gasteiger partial charge in [0.15, 0.2) is 0 Å². The predicted octanol–water partition coefficient (Wildman–Crippen LogP) is 1.80. The fraction of sp³-hybridized carbons (Fsp3) is 0.467. The van der Waals surface area contributed by atoms with Gasteiger partial charge in [-0.25, -0.2) is 0 Å². The van der Waals surface area contributed by atoms with E-state index in [1.54, 1.807) is 0 Å². The fourth-order valence-electron chi connectivity index (χ4n) is 2.69. The molecule has 4 nitrogen and oxygen atoms in total. The molecule has 1 saturated heterocycles. The summed E-state index contributed by atoms with van der Waals surface area (Å²) in [6.45, 7) is 3.89. The molecule has 3 N–H and O–H groups in total. The van der Waals surface area contributed by atoms with Crippen molar-refractivity contribution in [1.29, 1.82) is 0 Å². The van der Waals surface area contributed by atoms with E-state index in [1.807, 2.05) is 25.3 Å². The van der Waals surface area contributed by atoms with Crippen LogP contribution in [0.1, 0.15) is 18.9 Å². The summed E-state index contributed by atoms with van der Waals surface area (Å²) in [5.41, 5.74) is 1.65. The molecule has 1 aliphatic heterocycles. The van der Waals surface area contributed by atoms with Crippen LogP contribution in [0.25, 0.3) is 10.9 Å². The van der Waals surface area contributed by atoms with E-state index in [4.69, 9.17) is 4.74 Å². The van der Waals surface area contributed by atoms with E-state index in [0.717, 1.165) is 12.1 Å². The SMILES string of the molecule is CC1OCCC1(O)CNCc1c[nH]c2ccccc12. The monoisotopic (exact) mass is 260 g/mol. The number of benzene rings is 1. The Morgan fingerprint density at radius 2 is 2.32 bits per heavy atom. The first-order valence-corrected chi connectivity index (χ1v) is 6.79. The van der Waals surface area contributed by atoms with Gasteiger partial charge < -0.3 is 20.1 Å². The Balaban J connectivity index is 1.64. The van der Waals surface area contributed by atoms with Crippen LogP contribution in [0, 0.1) is 0 Å². The summed E-state index contributed by atoms with van der Waals surface area (Å²) < 4.78 is 5.43. The normalized spacial score (nSPS) is 27.2. The number of hydrogen-bond acceptors (Lipinski definition) is 3. The van der Waals surface area contributed by atoms with E-state index in [1.165, 1.54) is 10.9 Å². The molecule has 3 rings (SSSR count). The van der Waals surface area contributed by atoms with E-state index < -0.39 is 5.60 Å². The lowest BCUT2D eigenvalue weighted by Gasteiger charge is -2.26. The highest BCUT2D eigenvalue weighted by atomic mass is 16.5. The van der Waals surface area contributed by atoms with Gasteiger partial charge in [-0.05, 0) is 18.6 Å². The van der Waals surface area contributed by atoms with Crippen molar-refractivity contribution in [3.63, 3.8) is 0 Å². The van der Waals surface area contributed by atoms with Crippen LogP contribution in [-0.2, 0) is 11.3 Å². The van der Waals surface area contributed by atoms with Crippen molar-refractivity contribution in [2.45, 2.75) is 31.6 Å². The van der Waals surface area contributed by atoms with Crippen LogP contribution in [0.3, 0.4) is 0 Å². The second-order valence-corrected chi connectivity index (χ2v) is 5.33. The molecule has 102 valence electrons. The standard InChI is InChI=1S/C15H20N2O2/c1-11-15(18,6-7-19-11)10-16-8-12-9-17-14-5-3-2-4-13(12)14/h2-5,9,11,16-18H,6-8,10H2,1H3. The summed E-state index contributed by atoms with van der Waals surface area (Å²) in [6.07, 6.45) is 2.63. The van der Waals surface area contributed by atoms with Gasteiger partial charge in [-0.1, -0.05) is 18.2 Å². The van der Waals surface area contributed by atoms with E-state index in [9.17, 15) is 5.11 Å². The zero-order chi connectivity index (χ0) is 13.3. The topological polar surface area (TPSA) is 57.3 Å². The maximum Gasteiger partial charge on any atom is 0.105 e. The zero-order valence-corrected chi connectivity index (χ0v) is 11.1. The highest BCUT2D eigenvalue weighted by Crippen LogP contribution is 2.25.